The number of urea groups is 1. The van der Waals surface area contributed by atoms with Crippen molar-refractivity contribution in [2.24, 2.45) is 0 Å². The van der Waals surface area contributed by atoms with Crippen molar-refractivity contribution in [2.45, 2.75) is 37.7 Å². The van der Waals surface area contributed by atoms with Crippen LogP contribution in [0.3, 0.4) is 0 Å². The lowest BCUT2D eigenvalue weighted by Crippen LogP contribution is -2.49. The molecule has 0 heterocycles. The molecule has 21 heavy (non-hydrogen) atoms. The highest BCUT2D eigenvalue weighted by molar-refractivity contribution is 6.31. The largest absolute Gasteiger partial charge is 0.392 e. The van der Waals surface area contributed by atoms with E-state index in [-0.39, 0.29) is 11.4 Å². The van der Waals surface area contributed by atoms with E-state index in [1.54, 1.807) is 14.0 Å². The fourth-order valence-corrected chi connectivity index (χ4v) is 3.23. The Hall–Kier alpha value is -1.26. The lowest BCUT2D eigenvalue weighted by atomic mass is 9.64. The number of halogens is 1. The summed E-state index contributed by atoms with van der Waals surface area (Å²) in [5.74, 6) is 0. The summed E-state index contributed by atoms with van der Waals surface area (Å²) in [6.07, 6.45) is 2.71. The minimum Gasteiger partial charge on any atom is -0.392 e. The fourth-order valence-electron chi connectivity index (χ4n) is 2.90. The highest BCUT2D eigenvalue weighted by Gasteiger charge is 2.40. The number of nitrogens with zero attached hydrogens (tertiary/aromatic N) is 1. The lowest BCUT2D eigenvalue weighted by molar-refractivity contribution is 0.140. The number of carbonyl (C=O) groups is 1. The van der Waals surface area contributed by atoms with E-state index in [0.29, 0.717) is 13.1 Å². The van der Waals surface area contributed by atoms with Crippen molar-refractivity contribution in [3.8, 4) is 0 Å². The second-order valence-electron chi connectivity index (χ2n) is 6.00. The van der Waals surface area contributed by atoms with Crippen LogP contribution >= 0.6 is 11.6 Å². The zero-order valence-electron chi connectivity index (χ0n) is 12.6. The van der Waals surface area contributed by atoms with Gasteiger partial charge in [0, 0.05) is 30.6 Å². The van der Waals surface area contributed by atoms with Gasteiger partial charge in [0.15, 0.2) is 0 Å². The smallest absolute Gasteiger partial charge is 0.317 e. The van der Waals surface area contributed by atoms with Crippen LogP contribution in [0.2, 0.25) is 5.02 Å². The molecule has 0 saturated heterocycles. The molecule has 4 nitrogen and oxygen atoms in total. The predicted molar refractivity (Wildman–Crippen MR) is 84.7 cm³/mol. The summed E-state index contributed by atoms with van der Waals surface area (Å²) in [4.78, 5) is 13.6. The van der Waals surface area contributed by atoms with E-state index in [0.717, 1.165) is 29.8 Å². The third-order valence-electron chi connectivity index (χ3n) is 4.22. The summed E-state index contributed by atoms with van der Waals surface area (Å²) >= 11 is 6.31. The Morgan fingerprint density at radius 1 is 1.48 bits per heavy atom. The molecule has 1 aromatic carbocycles. The molecule has 1 aliphatic carbocycles. The molecule has 2 N–H and O–H groups in total. The minimum atomic E-state index is -0.526. The summed E-state index contributed by atoms with van der Waals surface area (Å²) in [5, 5.41) is 13.1. The summed E-state index contributed by atoms with van der Waals surface area (Å²) in [7, 11) is 1.69. The van der Waals surface area contributed by atoms with Gasteiger partial charge in [0.05, 0.1) is 6.10 Å². The monoisotopic (exact) mass is 310 g/mol. The van der Waals surface area contributed by atoms with Crippen LogP contribution in [0.25, 0.3) is 0 Å². The van der Waals surface area contributed by atoms with E-state index in [1.807, 2.05) is 24.3 Å². The Morgan fingerprint density at radius 2 is 2.14 bits per heavy atom. The zero-order chi connectivity index (χ0) is 15.5. The highest BCUT2D eigenvalue weighted by Crippen LogP contribution is 2.45. The molecule has 1 atom stereocenters. The van der Waals surface area contributed by atoms with Crippen LogP contribution in [0.15, 0.2) is 24.3 Å². The maximum absolute atomic E-state index is 12.1. The van der Waals surface area contributed by atoms with E-state index in [9.17, 15) is 9.90 Å². The third kappa shape index (κ3) is 3.69. The maximum atomic E-state index is 12.1. The van der Waals surface area contributed by atoms with Gasteiger partial charge in [-0.2, -0.15) is 0 Å². The molecule has 2 rings (SSSR count). The summed E-state index contributed by atoms with van der Waals surface area (Å²) in [6, 6.07) is 7.70. The molecule has 5 heteroatoms. The van der Waals surface area contributed by atoms with Crippen LogP contribution in [0.4, 0.5) is 4.79 Å². The van der Waals surface area contributed by atoms with Crippen molar-refractivity contribution in [1.29, 1.82) is 0 Å². The van der Waals surface area contributed by atoms with E-state index in [4.69, 9.17) is 11.6 Å². The molecule has 0 bridgehead atoms. The van der Waals surface area contributed by atoms with Crippen LogP contribution in [-0.2, 0) is 5.41 Å². The average Bonchev–Trinajstić information content (AvgIpc) is 2.38. The molecule has 0 aromatic heterocycles. The Morgan fingerprint density at radius 3 is 2.67 bits per heavy atom. The van der Waals surface area contributed by atoms with Crippen LogP contribution in [0.5, 0.6) is 0 Å². The standard InChI is InChI=1S/C16H23ClN2O2/c1-12(20)10-19(2)15(21)18-11-16(8-5-9-16)13-6-3-4-7-14(13)17/h3-4,6-7,12,20H,5,8-11H2,1-2H3,(H,18,21). The van der Waals surface area contributed by atoms with Gasteiger partial charge in [0.1, 0.15) is 0 Å². The Labute approximate surface area is 131 Å². The molecular formula is C16H23ClN2O2. The van der Waals surface area contributed by atoms with Gasteiger partial charge in [-0.1, -0.05) is 36.2 Å². The quantitative estimate of drug-likeness (QED) is 0.878. The van der Waals surface area contributed by atoms with Crippen LogP contribution in [0.1, 0.15) is 31.7 Å². The van der Waals surface area contributed by atoms with Gasteiger partial charge >= 0.3 is 6.03 Å². The lowest BCUT2D eigenvalue weighted by Gasteiger charge is -2.43. The van der Waals surface area contributed by atoms with Gasteiger partial charge in [-0.15, -0.1) is 0 Å². The number of likely N-dealkylation sites (N-methyl/N-ethyl adjacent to an activating group) is 1. The predicted octanol–water partition coefficient (Wildman–Crippen LogP) is 2.78. The van der Waals surface area contributed by atoms with Crippen molar-refractivity contribution in [3.63, 3.8) is 0 Å². The molecule has 1 aliphatic rings. The molecular weight excluding hydrogens is 288 g/mol. The number of hydrogen-bond donors (Lipinski definition) is 2. The molecule has 0 radical (unpaired) electrons. The van der Waals surface area contributed by atoms with Crippen molar-refractivity contribution >= 4 is 17.6 Å². The SMILES string of the molecule is CC(O)CN(C)C(=O)NCC1(c2ccccc2Cl)CCC1. The van der Waals surface area contributed by atoms with E-state index >= 15 is 0 Å². The molecule has 1 fully saturated rings. The number of carbonyl (C=O) groups excluding carboxylic acids is 1. The number of amides is 2. The Bertz CT molecular complexity index is 501. The molecule has 1 aromatic rings. The Balaban J connectivity index is 2.00. The van der Waals surface area contributed by atoms with Gasteiger partial charge in [-0.25, -0.2) is 4.79 Å². The number of hydrogen-bond acceptors (Lipinski definition) is 2. The first kappa shape index (κ1) is 16.1. The fraction of sp³-hybridized carbons (Fsp3) is 0.562. The number of nitrogens with one attached hydrogen (secondary N) is 1. The van der Waals surface area contributed by atoms with Crippen molar-refractivity contribution in [2.75, 3.05) is 20.1 Å². The van der Waals surface area contributed by atoms with E-state index < -0.39 is 6.10 Å². The van der Waals surface area contributed by atoms with Crippen molar-refractivity contribution < 1.29 is 9.90 Å². The van der Waals surface area contributed by atoms with Crippen molar-refractivity contribution in [1.82, 2.24) is 10.2 Å². The van der Waals surface area contributed by atoms with Crippen LogP contribution in [-0.4, -0.2) is 42.3 Å². The minimum absolute atomic E-state index is 0.0420. The molecule has 2 amide bonds. The maximum Gasteiger partial charge on any atom is 0.317 e. The molecule has 0 aliphatic heterocycles. The number of aliphatic hydroxyl groups is 1. The van der Waals surface area contributed by atoms with Crippen LogP contribution in [0, 0.1) is 0 Å². The van der Waals surface area contributed by atoms with E-state index in [2.05, 4.69) is 5.32 Å². The number of benzene rings is 1. The van der Waals surface area contributed by atoms with Gasteiger partial charge < -0.3 is 15.3 Å². The summed E-state index contributed by atoms with van der Waals surface area (Å²) < 4.78 is 0. The molecule has 0 spiro atoms. The van der Waals surface area contributed by atoms with Crippen molar-refractivity contribution in [3.05, 3.63) is 34.9 Å². The zero-order valence-corrected chi connectivity index (χ0v) is 13.4. The van der Waals surface area contributed by atoms with Gasteiger partial charge in [-0.05, 0) is 31.4 Å². The average molecular weight is 311 g/mol. The third-order valence-corrected chi connectivity index (χ3v) is 4.55. The summed E-state index contributed by atoms with van der Waals surface area (Å²) in [5.41, 5.74) is 1.08. The van der Waals surface area contributed by atoms with Crippen LogP contribution < -0.4 is 5.32 Å². The van der Waals surface area contributed by atoms with E-state index in [1.165, 1.54) is 4.90 Å². The molecule has 1 saturated carbocycles. The molecule has 1 unspecified atom stereocenters. The number of aliphatic hydroxyl groups excluding tert-OH is 1. The first-order chi connectivity index (χ1) is 9.94. The second kappa shape index (κ2) is 6.67. The van der Waals surface area contributed by atoms with Gasteiger partial charge in [0.25, 0.3) is 0 Å². The van der Waals surface area contributed by atoms with Gasteiger partial charge in [-0.3, -0.25) is 0 Å². The number of rotatable bonds is 5. The summed E-state index contributed by atoms with van der Waals surface area (Å²) in [6.45, 7) is 2.57. The topological polar surface area (TPSA) is 52.6 Å². The molecule has 116 valence electrons. The van der Waals surface area contributed by atoms with Gasteiger partial charge in [0.2, 0.25) is 0 Å². The normalized spacial score (nSPS) is 17.7. The Kier molecular flexibility index (Phi) is 5.12. The second-order valence-corrected chi connectivity index (χ2v) is 6.41. The first-order valence-corrected chi connectivity index (χ1v) is 7.74. The first-order valence-electron chi connectivity index (χ1n) is 7.37. The highest BCUT2D eigenvalue weighted by atomic mass is 35.5.